The van der Waals surface area contributed by atoms with Gasteiger partial charge in [0.05, 0.1) is 40.9 Å². The number of nitrogens with zero attached hydrogens (tertiary/aromatic N) is 4. The van der Waals surface area contributed by atoms with Crippen LogP contribution in [0.3, 0.4) is 0 Å². The fourth-order valence-corrected chi connectivity index (χ4v) is 7.32. The van der Waals surface area contributed by atoms with Crippen molar-refractivity contribution in [3.8, 4) is 33.6 Å². The minimum absolute atomic E-state index is 0.600. The lowest BCUT2D eigenvalue weighted by molar-refractivity contribution is 1.18. The van der Waals surface area contributed by atoms with Gasteiger partial charge in [-0.15, -0.1) is 0 Å². The standard InChI is InChI=1S/C44H26N4/c1-45-30-24-27-43-37(28-30)35-14-5-9-20-41(35)48(43)42-21-10-6-15-36(42)44-32(16-11-17-38(44)46-2)29-22-25-31(26-23-29)47-39-18-7-3-12-33(39)34-13-4-8-19-40(34)47/h3-28H. The summed E-state index contributed by atoms with van der Waals surface area (Å²) in [5, 5.41) is 4.59. The van der Waals surface area contributed by atoms with E-state index in [2.05, 4.69) is 122 Å². The minimum atomic E-state index is 0.600. The molecule has 0 N–H and O–H groups in total. The van der Waals surface area contributed by atoms with Crippen LogP contribution in [-0.4, -0.2) is 9.13 Å². The summed E-state index contributed by atoms with van der Waals surface area (Å²) in [4.78, 5) is 7.73. The van der Waals surface area contributed by atoms with Gasteiger partial charge in [-0.05, 0) is 76.2 Å². The van der Waals surface area contributed by atoms with Crippen molar-refractivity contribution in [3.63, 3.8) is 0 Å². The molecule has 0 fully saturated rings. The highest BCUT2D eigenvalue weighted by atomic mass is 15.0. The molecule has 0 aliphatic rings. The average molecular weight is 611 g/mol. The SMILES string of the molecule is [C-]#[N+]c1ccc2c(c1)c1ccccc1n2-c1ccccc1-c1c([N+]#[C-])cccc1-c1ccc(-n2c3ccccc3c3ccccc32)cc1. The summed E-state index contributed by atoms with van der Waals surface area (Å²) in [5.74, 6) is 0. The Hall–Kier alpha value is -6.88. The van der Waals surface area contributed by atoms with Gasteiger partial charge >= 0.3 is 0 Å². The molecule has 0 unspecified atom stereocenters. The monoisotopic (exact) mass is 610 g/mol. The summed E-state index contributed by atoms with van der Waals surface area (Å²) in [6.07, 6.45) is 0. The Balaban J connectivity index is 1.25. The van der Waals surface area contributed by atoms with Crippen molar-refractivity contribution in [2.45, 2.75) is 0 Å². The molecule has 0 aliphatic heterocycles. The molecule has 48 heavy (non-hydrogen) atoms. The zero-order chi connectivity index (χ0) is 32.2. The molecule has 4 heteroatoms. The van der Waals surface area contributed by atoms with Crippen molar-refractivity contribution >= 4 is 55.0 Å². The lowest BCUT2D eigenvalue weighted by atomic mass is 9.92. The van der Waals surface area contributed by atoms with Crippen molar-refractivity contribution in [3.05, 3.63) is 181 Å². The van der Waals surface area contributed by atoms with Gasteiger partial charge in [-0.1, -0.05) is 109 Å². The predicted octanol–water partition coefficient (Wildman–Crippen LogP) is 12.3. The van der Waals surface area contributed by atoms with Crippen LogP contribution in [0.25, 0.3) is 86.9 Å². The number of hydrogen-bond acceptors (Lipinski definition) is 0. The number of para-hydroxylation sites is 4. The third kappa shape index (κ3) is 4.07. The Morgan fingerprint density at radius 3 is 1.65 bits per heavy atom. The number of rotatable bonds is 4. The van der Waals surface area contributed by atoms with Gasteiger partial charge in [-0.25, -0.2) is 9.69 Å². The number of fused-ring (bicyclic) bond motifs is 6. The second-order valence-corrected chi connectivity index (χ2v) is 11.9. The Morgan fingerprint density at radius 2 is 0.979 bits per heavy atom. The molecule has 9 aromatic rings. The van der Waals surface area contributed by atoms with Crippen molar-refractivity contribution in [2.75, 3.05) is 0 Å². The second kappa shape index (κ2) is 10.9. The molecule has 222 valence electrons. The highest BCUT2D eigenvalue weighted by Gasteiger charge is 2.20. The Kier molecular flexibility index (Phi) is 6.22. The molecular formula is C44H26N4. The first-order valence-corrected chi connectivity index (χ1v) is 15.8. The molecule has 0 bridgehead atoms. The van der Waals surface area contributed by atoms with Gasteiger partial charge in [0.25, 0.3) is 0 Å². The van der Waals surface area contributed by atoms with Gasteiger partial charge < -0.3 is 9.13 Å². The lowest BCUT2D eigenvalue weighted by Crippen LogP contribution is -1.98. The highest BCUT2D eigenvalue weighted by molar-refractivity contribution is 6.11. The van der Waals surface area contributed by atoms with Crippen molar-refractivity contribution in [1.82, 2.24) is 9.13 Å². The minimum Gasteiger partial charge on any atom is -0.309 e. The van der Waals surface area contributed by atoms with E-state index in [4.69, 9.17) is 13.1 Å². The molecule has 2 heterocycles. The van der Waals surface area contributed by atoms with Gasteiger partial charge in [0.1, 0.15) is 0 Å². The highest BCUT2D eigenvalue weighted by Crippen LogP contribution is 2.44. The smallest absolute Gasteiger partial charge is 0.195 e. The number of aromatic nitrogens is 2. The fourth-order valence-electron chi connectivity index (χ4n) is 7.32. The maximum Gasteiger partial charge on any atom is 0.195 e. The molecular weight excluding hydrogens is 585 g/mol. The molecule has 0 aliphatic carbocycles. The van der Waals surface area contributed by atoms with Crippen LogP contribution in [0.15, 0.2) is 158 Å². The Morgan fingerprint density at radius 1 is 0.417 bits per heavy atom. The van der Waals surface area contributed by atoms with E-state index in [0.717, 1.165) is 55.4 Å². The third-order valence-corrected chi connectivity index (χ3v) is 9.38. The summed E-state index contributed by atoms with van der Waals surface area (Å²) in [7, 11) is 0. The van der Waals surface area contributed by atoms with Crippen LogP contribution >= 0.6 is 0 Å². The van der Waals surface area contributed by atoms with E-state index >= 15 is 0 Å². The van der Waals surface area contributed by atoms with Crippen LogP contribution in [0.4, 0.5) is 11.4 Å². The quantitative estimate of drug-likeness (QED) is 0.177. The zero-order valence-corrected chi connectivity index (χ0v) is 25.8. The molecule has 0 radical (unpaired) electrons. The Labute approximate surface area is 277 Å². The van der Waals surface area contributed by atoms with Crippen molar-refractivity contribution in [1.29, 1.82) is 0 Å². The molecule has 0 atom stereocenters. The van der Waals surface area contributed by atoms with E-state index in [-0.39, 0.29) is 0 Å². The van der Waals surface area contributed by atoms with Gasteiger partial charge in [0.2, 0.25) is 0 Å². The molecule has 0 saturated heterocycles. The van der Waals surface area contributed by atoms with E-state index in [1.165, 1.54) is 21.8 Å². The maximum absolute atomic E-state index is 8.21. The summed E-state index contributed by atoms with van der Waals surface area (Å²) < 4.78 is 4.59. The summed E-state index contributed by atoms with van der Waals surface area (Å²) in [6.45, 7) is 15.8. The summed E-state index contributed by atoms with van der Waals surface area (Å²) in [5.41, 5.74) is 11.6. The second-order valence-electron chi connectivity index (χ2n) is 11.9. The molecule has 4 nitrogen and oxygen atoms in total. The van der Waals surface area contributed by atoms with E-state index in [0.29, 0.717) is 11.4 Å². The van der Waals surface area contributed by atoms with Crippen molar-refractivity contribution < 1.29 is 0 Å². The van der Waals surface area contributed by atoms with Crippen LogP contribution in [0.2, 0.25) is 0 Å². The summed E-state index contributed by atoms with van der Waals surface area (Å²) >= 11 is 0. The molecule has 0 amide bonds. The predicted molar refractivity (Wildman–Crippen MR) is 199 cm³/mol. The summed E-state index contributed by atoms with van der Waals surface area (Å²) in [6, 6.07) is 54.3. The number of benzene rings is 7. The first-order chi connectivity index (χ1) is 23.7. The van der Waals surface area contributed by atoms with E-state index < -0.39 is 0 Å². The van der Waals surface area contributed by atoms with Gasteiger partial charge in [-0.2, -0.15) is 0 Å². The van der Waals surface area contributed by atoms with Crippen LogP contribution in [-0.2, 0) is 0 Å². The van der Waals surface area contributed by atoms with Gasteiger partial charge in [0.15, 0.2) is 11.4 Å². The van der Waals surface area contributed by atoms with Gasteiger partial charge in [-0.3, -0.25) is 0 Å². The molecule has 2 aromatic heterocycles. The molecule has 9 rings (SSSR count). The largest absolute Gasteiger partial charge is 0.309 e. The first-order valence-electron chi connectivity index (χ1n) is 15.8. The van der Waals surface area contributed by atoms with Gasteiger partial charge in [0, 0.05) is 21.8 Å². The molecule has 0 spiro atoms. The lowest BCUT2D eigenvalue weighted by Gasteiger charge is -2.18. The normalized spacial score (nSPS) is 11.3. The number of hydrogen-bond donors (Lipinski definition) is 0. The van der Waals surface area contributed by atoms with E-state index in [1.807, 2.05) is 54.6 Å². The van der Waals surface area contributed by atoms with Crippen LogP contribution in [0.5, 0.6) is 0 Å². The average Bonchev–Trinajstić information content (AvgIpc) is 3.67. The van der Waals surface area contributed by atoms with E-state index in [9.17, 15) is 0 Å². The Bertz CT molecular complexity index is 2750. The molecule has 0 saturated carbocycles. The van der Waals surface area contributed by atoms with E-state index in [1.54, 1.807) is 0 Å². The topological polar surface area (TPSA) is 18.6 Å². The van der Waals surface area contributed by atoms with Crippen LogP contribution in [0, 0.1) is 13.1 Å². The fraction of sp³-hybridized carbons (Fsp3) is 0. The maximum atomic E-state index is 8.21. The van der Waals surface area contributed by atoms with Crippen LogP contribution < -0.4 is 0 Å². The zero-order valence-electron chi connectivity index (χ0n) is 25.8. The van der Waals surface area contributed by atoms with Crippen LogP contribution in [0.1, 0.15) is 0 Å². The van der Waals surface area contributed by atoms with Crippen molar-refractivity contribution in [2.24, 2.45) is 0 Å². The molecule has 7 aromatic carbocycles. The first kappa shape index (κ1) is 27.4. The third-order valence-electron chi connectivity index (χ3n) is 9.38.